The van der Waals surface area contributed by atoms with Crippen molar-refractivity contribution in [3.63, 3.8) is 0 Å². The van der Waals surface area contributed by atoms with Crippen molar-refractivity contribution in [2.75, 3.05) is 25.1 Å². The minimum absolute atomic E-state index is 0.0876. The minimum atomic E-state index is -1.16. The number of hydrogen-bond donors (Lipinski definition) is 3. The van der Waals surface area contributed by atoms with Crippen LogP contribution in [0.1, 0.15) is 31.2 Å². The molecule has 168 valence electrons. The minimum Gasteiger partial charge on any atom is -0.373 e. The summed E-state index contributed by atoms with van der Waals surface area (Å²) in [4.78, 5) is 53.1. The highest BCUT2D eigenvalue weighted by atomic mass is 16.7. The van der Waals surface area contributed by atoms with Gasteiger partial charge in [0.05, 0.1) is 0 Å². The molecule has 11 nitrogen and oxygen atoms in total. The van der Waals surface area contributed by atoms with Gasteiger partial charge in [-0.25, -0.2) is 4.79 Å². The smallest absolute Gasteiger partial charge is 0.358 e. The molecule has 2 saturated heterocycles. The first-order valence-corrected chi connectivity index (χ1v) is 9.98. The van der Waals surface area contributed by atoms with E-state index in [-0.39, 0.29) is 18.7 Å². The number of aryl methyl sites for hydroxylation is 1. The molecule has 0 saturated carbocycles. The number of aliphatic hydroxyl groups is 2. The molecule has 2 aliphatic heterocycles. The third-order valence-corrected chi connectivity index (χ3v) is 4.96. The number of nitrogens with one attached hydrogen (secondary N) is 1. The second kappa shape index (κ2) is 10.3. The Balaban J connectivity index is 1.33. The molecule has 2 heterocycles. The normalized spacial score (nSPS) is 20.4. The van der Waals surface area contributed by atoms with E-state index in [1.54, 1.807) is 24.3 Å². The van der Waals surface area contributed by atoms with Gasteiger partial charge < -0.3 is 30.0 Å². The molecule has 3 rings (SSSR count). The van der Waals surface area contributed by atoms with Crippen LogP contribution in [0.4, 0.5) is 5.69 Å². The summed E-state index contributed by atoms with van der Waals surface area (Å²) in [7, 11) is 0. The number of benzene rings is 1. The Bertz CT molecular complexity index is 828. The highest BCUT2D eigenvalue weighted by molar-refractivity contribution is 5.91. The Morgan fingerprint density at radius 2 is 1.81 bits per heavy atom. The van der Waals surface area contributed by atoms with Crippen LogP contribution in [-0.2, 0) is 35.2 Å². The molecule has 1 aromatic rings. The Morgan fingerprint density at radius 3 is 2.39 bits per heavy atom. The lowest BCUT2D eigenvalue weighted by molar-refractivity contribution is -0.223. The zero-order valence-corrected chi connectivity index (χ0v) is 16.9. The zero-order valence-electron chi connectivity index (χ0n) is 16.9. The van der Waals surface area contributed by atoms with Crippen molar-refractivity contribution in [1.29, 1.82) is 0 Å². The number of likely N-dealkylation sites (tertiary alicyclic amines) is 1. The second-order valence-electron chi connectivity index (χ2n) is 7.30. The van der Waals surface area contributed by atoms with Crippen molar-refractivity contribution < 1.29 is 39.0 Å². The lowest BCUT2D eigenvalue weighted by Crippen LogP contribution is -2.50. The van der Waals surface area contributed by atoms with Crippen LogP contribution >= 0.6 is 0 Å². The summed E-state index contributed by atoms with van der Waals surface area (Å²) in [6.45, 7) is -0.369. The average Bonchev–Trinajstić information content (AvgIpc) is 3.04. The molecule has 0 spiro atoms. The topological polar surface area (TPSA) is 146 Å². The van der Waals surface area contributed by atoms with Crippen LogP contribution in [0.2, 0.25) is 0 Å². The molecule has 0 radical (unpaired) electrons. The lowest BCUT2D eigenvalue weighted by atomic mass is 10.1. The first kappa shape index (κ1) is 22.7. The Kier molecular flexibility index (Phi) is 7.55. The molecule has 0 aromatic heterocycles. The van der Waals surface area contributed by atoms with E-state index in [2.05, 4.69) is 5.32 Å². The van der Waals surface area contributed by atoms with E-state index in [0.717, 1.165) is 5.56 Å². The number of anilines is 1. The van der Waals surface area contributed by atoms with Gasteiger partial charge in [-0.15, -0.1) is 5.06 Å². The fourth-order valence-electron chi connectivity index (χ4n) is 3.13. The van der Waals surface area contributed by atoms with Gasteiger partial charge in [0.15, 0.2) is 6.23 Å². The number of amides is 3. The van der Waals surface area contributed by atoms with Gasteiger partial charge in [-0.3, -0.25) is 14.4 Å². The molecule has 2 unspecified atom stereocenters. The number of carbonyl (C=O) groups excluding carboxylic acids is 4. The molecule has 2 aliphatic rings. The fraction of sp³-hybridized carbons (Fsp3) is 0.500. The predicted octanol–water partition coefficient (Wildman–Crippen LogP) is -0.476. The molecule has 0 bridgehead atoms. The summed E-state index contributed by atoms with van der Waals surface area (Å²) in [6.07, 6.45) is -0.110. The van der Waals surface area contributed by atoms with E-state index in [1.165, 1.54) is 4.90 Å². The molecule has 0 aliphatic carbocycles. The Hall–Kier alpha value is -3.02. The van der Waals surface area contributed by atoms with Crippen LogP contribution in [-0.4, -0.2) is 76.1 Å². The molecule has 3 N–H and O–H groups in total. The number of hydroxylamine groups is 2. The van der Waals surface area contributed by atoms with E-state index < -0.39 is 43.5 Å². The predicted molar refractivity (Wildman–Crippen MR) is 105 cm³/mol. The van der Waals surface area contributed by atoms with E-state index in [1.807, 2.05) is 0 Å². The lowest BCUT2D eigenvalue weighted by Gasteiger charge is -2.37. The van der Waals surface area contributed by atoms with Gasteiger partial charge in [-0.05, 0) is 24.1 Å². The van der Waals surface area contributed by atoms with Gasteiger partial charge in [0.2, 0.25) is 11.8 Å². The third-order valence-electron chi connectivity index (χ3n) is 4.96. The van der Waals surface area contributed by atoms with Crippen molar-refractivity contribution in [1.82, 2.24) is 9.96 Å². The maximum absolute atomic E-state index is 11.9. The average molecular weight is 435 g/mol. The van der Waals surface area contributed by atoms with Gasteiger partial charge in [-0.1, -0.05) is 12.1 Å². The van der Waals surface area contributed by atoms with Crippen molar-refractivity contribution in [2.45, 2.75) is 44.6 Å². The first-order chi connectivity index (χ1) is 14.8. The summed E-state index contributed by atoms with van der Waals surface area (Å²) in [6, 6.07) is 6.94. The molecule has 11 heteroatoms. The van der Waals surface area contributed by atoms with E-state index >= 15 is 0 Å². The van der Waals surface area contributed by atoms with Crippen LogP contribution in [0.25, 0.3) is 0 Å². The van der Waals surface area contributed by atoms with Gasteiger partial charge in [0, 0.05) is 37.9 Å². The highest BCUT2D eigenvalue weighted by Gasteiger charge is 2.33. The van der Waals surface area contributed by atoms with Crippen molar-refractivity contribution in [2.24, 2.45) is 0 Å². The molecule has 2 atom stereocenters. The zero-order chi connectivity index (χ0) is 22.4. The van der Waals surface area contributed by atoms with Crippen LogP contribution < -0.4 is 5.32 Å². The van der Waals surface area contributed by atoms with Crippen LogP contribution in [0.5, 0.6) is 0 Å². The quantitative estimate of drug-likeness (QED) is 0.472. The molecular weight excluding hydrogens is 410 g/mol. The Morgan fingerprint density at radius 1 is 1.06 bits per heavy atom. The maximum Gasteiger partial charge on any atom is 0.358 e. The third kappa shape index (κ3) is 6.23. The number of hydrogen-bond acceptors (Lipinski definition) is 8. The maximum atomic E-state index is 11.9. The second-order valence-corrected chi connectivity index (χ2v) is 7.30. The van der Waals surface area contributed by atoms with Gasteiger partial charge in [0.25, 0.3) is 5.91 Å². The Labute approximate surface area is 178 Å². The number of rotatable bonds is 9. The fourth-order valence-corrected chi connectivity index (χ4v) is 3.13. The number of ether oxygens (including phenoxy) is 1. The van der Waals surface area contributed by atoms with Crippen molar-refractivity contribution in [3.8, 4) is 0 Å². The summed E-state index contributed by atoms with van der Waals surface area (Å²) in [5.41, 5.74) is 1.44. The highest BCUT2D eigenvalue weighted by Crippen LogP contribution is 2.18. The summed E-state index contributed by atoms with van der Waals surface area (Å²) >= 11 is 0. The van der Waals surface area contributed by atoms with E-state index in [4.69, 9.17) is 9.57 Å². The first-order valence-electron chi connectivity index (χ1n) is 9.98. The van der Waals surface area contributed by atoms with Gasteiger partial charge >= 0.3 is 5.97 Å². The monoisotopic (exact) mass is 435 g/mol. The summed E-state index contributed by atoms with van der Waals surface area (Å²) in [5.74, 6) is -1.97. The van der Waals surface area contributed by atoms with Gasteiger partial charge in [0.1, 0.15) is 19.4 Å². The number of nitrogens with zero attached hydrogens (tertiary/aromatic N) is 2. The van der Waals surface area contributed by atoms with Crippen LogP contribution in [0, 0.1) is 0 Å². The summed E-state index contributed by atoms with van der Waals surface area (Å²) < 4.78 is 4.98. The summed E-state index contributed by atoms with van der Waals surface area (Å²) in [5, 5.41) is 22.2. The van der Waals surface area contributed by atoms with Crippen molar-refractivity contribution >= 4 is 29.4 Å². The SMILES string of the molecule is O=C(COCC(=O)ON1C(=O)CCC1O)Nc1ccc(CCC(=O)N2CCC2O)cc1. The number of aliphatic hydroxyl groups excluding tert-OH is 2. The molecule has 31 heavy (non-hydrogen) atoms. The largest absolute Gasteiger partial charge is 0.373 e. The molecular formula is C20H25N3O8. The van der Waals surface area contributed by atoms with Crippen molar-refractivity contribution in [3.05, 3.63) is 29.8 Å². The number of carbonyl (C=O) groups is 4. The van der Waals surface area contributed by atoms with Crippen LogP contribution in [0.15, 0.2) is 24.3 Å². The van der Waals surface area contributed by atoms with Crippen LogP contribution in [0.3, 0.4) is 0 Å². The van der Waals surface area contributed by atoms with E-state index in [0.29, 0.717) is 36.6 Å². The van der Waals surface area contributed by atoms with E-state index in [9.17, 15) is 29.4 Å². The molecule has 2 fully saturated rings. The molecule has 3 amide bonds. The van der Waals surface area contributed by atoms with Gasteiger partial charge in [-0.2, -0.15) is 0 Å². The molecule has 1 aromatic carbocycles. The standard InChI is InChI=1S/C20H25N3O8/c24-15(11-30-12-20(29)31-23-18(27)7-8-19(23)28)21-14-4-1-13(2-5-14)3-6-16(25)22-10-9-17(22)26/h1-2,4-5,17-18,26-27H,3,6-12H2,(H,21,24).